The van der Waals surface area contributed by atoms with Crippen molar-refractivity contribution in [1.29, 1.82) is 0 Å². The molecule has 0 unspecified atom stereocenters. The minimum absolute atomic E-state index is 0.197. The van der Waals surface area contributed by atoms with Crippen molar-refractivity contribution >= 4 is 11.9 Å². The Bertz CT molecular complexity index is 860. The summed E-state index contributed by atoms with van der Waals surface area (Å²) in [5, 5.41) is 0. The second kappa shape index (κ2) is 9.03. The molecule has 29 heavy (non-hydrogen) atoms. The van der Waals surface area contributed by atoms with Gasteiger partial charge in [0.25, 0.3) is 11.9 Å². The number of hydrogen-bond acceptors (Lipinski definition) is 6. The van der Waals surface area contributed by atoms with Crippen LogP contribution in [-0.4, -0.2) is 50.7 Å². The highest BCUT2D eigenvalue weighted by atomic mass is 16.6. The van der Waals surface area contributed by atoms with Gasteiger partial charge >= 0.3 is 5.97 Å². The van der Waals surface area contributed by atoms with E-state index >= 15 is 0 Å². The number of amides is 1. The Morgan fingerprint density at radius 3 is 2.69 bits per heavy atom. The van der Waals surface area contributed by atoms with Crippen molar-refractivity contribution in [2.75, 3.05) is 33.9 Å². The van der Waals surface area contributed by atoms with Gasteiger partial charge in [-0.1, -0.05) is 12.1 Å². The Balaban J connectivity index is 1.86. The lowest BCUT2D eigenvalue weighted by molar-refractivity contribution is -0.158. The second-order valence-electron chi connectivity index (χ2n) is 7.18. The molecule has 1 aliphatic rings. The Kier molecular flexibility index (Phi) is 6.46. The molecule has 0 N–H and O–H groups in total. The topological polar surface area (TPSA) is 78.2 Å². The lowest BCUT2D eigenvalue weighted by atomic mass is 9.75. The van der Waals surface area contributed by atoms with Gasteiger partial charge in [-0.05, 0) is 49.9 Å². The van der Waals surface area contributed by atoms with Crippen LogP contribution in [0.1, 0.15) is 35.9 Å². The van der Waals surface area contributed by atoms with Gasteiger partial charge in [0, 0.05) is 19.2 Å². The number of esters is 1. The molecule has 1 aliphatic heterocycles. The van der Waals surface area contributed by atoms with Gasteiger partial charge in [-0.25, -0.2) is 0 Å². The number of carbonyl (C=O) groups is 2. The quantitative estimate of drug-likeness (QED) is 0.663. The molecular formula is C22H27NO6. The summed E-state index contributed by atoms with van der Waals surface area (Å²) in [6, 6.07) is 10.8. The molecule has 2 aromatic rings. The number of nitrogens with zero attached hydrogens (tertiary/aromatic N) is 1. The number of rotatable bonds is 7. The van der Waals surface area contributed by atoms with Crippen LogP contribution in [0.5, 0.6) is 11.7 Å². The summed E-state index contributed by atoms with van der Waals surface area (Å²) in [7, 11) is 3.09. The lowest BCUT2D eigenvalue weighted by Gasteiger charge is -2.40. The van der Waals surface area contributed by atoms with Crippen molar-refractivity contribution in [1.82, 2.24) is 4.90 Å². The number of ether oxygens (including phenoxy) is 3. The number of hydrogen-bond donors (Lipinski definition) is 0. The Morgan fingerprint density at radius 1 is 1.17 bits per heavy atom. The second-order valence-corrected chi connectivity index (χ2v) is 7.18. The maximum atomic E-state index is 13.0. The molecule has 3 rings (SSSR count). The molecule has 7 nitrogen and oxygen atoms in total. The smallest absolute Gasteiger partial charge is 0.314 e. The van der Waals surface area contributed by atoms with Crippen molar-refractivity contribution in [3.8, 4) is 11.7 Å². The maximum Gasteiger partial charge on any atom is 0.314 e. The fourth-order valence-electron chi connectivity index (χ4n) is 3.85. The van der Waals surface area contributed by atoms with E-state index in [0.717, 1.165) is 11.3 Å². The molecule has 0 radical (unpaired) electrons. The average molecular weight is 401 g/mol. The predicted octanol–water partition coefficient (Wildman–Crippen LogP) is 3.33. The summed E-state index contributed by atoms with van der Waals surface area (Å²) in [5.41, 5.74) is 0.152. The number of furan rings is 1. The molecule has 1 aromatic heterocycles. The molecule has 156 valence electrons. The number of carbonyl (C=O) groups excluding carboxylic acids is 2. The van der Waals surface area contributed by atoms with Crippen molar-refractivity contribution in [3.05, 3.63) is 47.7 Å². The standard InChI is InChI=1S/C22H27NO6/c1-4-28-21(25)22(14-16-7-5-8-17(13-16)26-2)11-6-12-23(15-22)20(24)18-9-10-19(27-3)29-18/h5,7-10,13H,4,6,11-12,14-15H2,1-3H3/t22-/m0/s1. The van der Waals surface area contributed by atoms with E-state index in [1.54, 1.807) is 31.1 Å². The third-order valence-electron chi connectivity index (χ3n) is 5.24. The zero-order chi connectivity index (χ0) is 20.9. The molecule has 1 amide bonds. The van der Waals surface area contributed by atoms with Crippen molar-refractivity contribution in [2.45, 2.75) is 26.2 Å². The Labute approximate surface area is 170 Å². The first kappa shape index (κ1) is 20.8. The molecule has 0 bridgehead atoms. The highest BCUT2D eigenvalue weighted by Gasteiger charge is 2.45. The first-order chi connectivity index (χ1) is 14.0. The zero-order valence-electron chi connectivity index (χ0n) is 17.1. The fourth-order valence-corrected chi connectivity index (χ4v) is 3.85. The minimum atomic E-state index is -0.813. The third-order valence-corrected chi connectivity index (χ3v) is 5.24. The summed E-state index contributed by atoms with van der Waals surface area (Å²) >= 11 is 0. The van der Waals surface area contributed by atoms with Crippen molar-refractivity contribution in [2.24, 2.45) is 5.41 Å². The van der Waals surface area contributed by atoms with Gasteiger partial charge in [0.1, 0.15) is 5.75 Å². The van der Waals surface area contributed by atoms with Crippen LogP contribution < -0.4 is 9.47 Å². The number of methoxy groups -OCH3 is 2. The molecule has 7 heteroatoms. The Morgan fingerprint density at radius 2 is 2.00 bits per heavy atom. The van der Waals surface area contributed by atoms with Gasteiger partial charge in [0.05, 0.1) is 26.2 Å². The highest BCUT2D eigenvalue weighted by molar-refractivity contribution is 5.92. The van der Waals surface area contributed by atoms with Crippen molar-refractivity contribution in [3.63, 3.8) is 0 Å². The molecule has 0 aliphatic carbocycles. The summed E-state index contributed by atoms with van der Waals surface area (Å²) < 4.78 is 21.2. The predicted molar refractivity (Wildman–Crippen MR) is 106 cm³/mol. The van der Waals surface area contributed by atoms with E-state index < -0.39 is 5.41 Å². The van der Waals surface area contributed by atoms with E-state index in [1.165, 1.54) is 7.11 Å². The van der Waals surface area contributed by atoms with E-state index in [4.69, 9.17) is 18.6 Å². The van der Waals surface area contributed by atoms with Crippen LogP contribution >= 0.6 is 0 Å². The summed E-state index contributed by atoms with van der Waals surface area (Å²) in [6.07, 6.45) is 1.81. The van der Waals surface area contributed by atoms with Gasteiger partial charge in [-0.2, -0.15) is 0 Å². The molecule has 0 saturated carbocycles. The first-order valence-corrected chi connectivity index (χ1v) is 9.74. The molecule has 1 fully saturated rings. The zero-order valence-corrected chi connectivity index (χ0v) is 17.1. The van der Waals surface area contributed by atoms with Crippen LogP contribution in [0.15, 0.2) is 40.8 Å². The van der Waals surface area contributed by atoms with Crippen LogP contribution in [-0.2, 0) is 16.0 Å². The van der Waals surface area contributed by atoms with Gasteiger partial charge in [0.2, 0.25) is 0 Å². The first-order valence-electron chi connectivity index (χ1n) is 9.74. The number of benzene rings is 1. The van der Waals surface area contributed by atoms with Gasteiger partial charge in [0.15, 0.2) is 5.76 Å². The largest absolute Gasteiger partial charge is 0.497 e. The lowest BCUT2D eigenvalue weighted by Crippen LogP contribution is -2.51. The van der Waals surface area contributed by atoms with Crippen LogP contribution in [0.4, 0.5) is 0 Å². The van der Waals surface area contributed by atoms with Gasteiger partial charge in [-0.3, -0.25) is 9.59 Å². The van der Waals surface area contributed by atoms with E-state index in [0.29, 0.717) is 32.4 Å². The van der Waals surface area contributed by atoms with Crippen LogP contribution in [0, 0.1) is 5.41 Å². The number of likely N-dealkylation sites (tertiary alicyclic amines) is 1. The Hall–Kier alpha value is -2.96. The van der Waals surface area contributed by atoms with Crippen LogP contribution in [0.25, 0.3) is 0 Å². The van der Waals surface area contributed by atoms with E-state index in [2.05, 4.69) is 0 Å². The molecule has 1 aromatic carbocycles. The van der Waals surface area contributed by atoms with E-state index in [-0.39, 0.29) is 30.1 Å². The minimum Gasteiger partial charge on any atom is -0.497 e. The molecule has 0 spiro atoms. The molecular weight excluding hydrogens is 374 g/mol. The highest BCUT2D eigenvalue weighted by Crippen LogP contribution is 2.36. The van der Waals surface area contributed by atoms with Gasteiger partial charge < -0.3 is 23.5 Å². The monoisotopic (exact) mass is 401 g/mol. The summed E-state index contributed by atoms with van der Waals surface area (Å²) in [5.74, 6) is 0.666. The summed E-state index contributed by atoms with van der Waals surface area (Å²) in [4.78, 5) is 27.6. The molecule has 2 heterocycles. The molecule has 1 atom stereocenters. The van der Waals surface area contributed by atoms with Crippen LogP contribution in [0.3, 0.4) is 0 Å². The average Bonchev–Trinajstić information content (AvgIpc) is 3.23. The van der Waals surface area contributed by atoms with Gasteiger partial charge in [-0.15, -0.1) is 0 Å². The fraction of sp³-hybridized carbons (Fsp3) is 0.455. The SMILES string of the molecule is CCOC(=O)[C@]1(Cc2cccc(OC)c2)CCCN(C(=O)c2ccc(OC)o2)C1. The third kappa shape index (κ3) is 4.55. The van der Waals surface area contributed by atoms with Crippen molar-refractivity contribution < 1.29 is 28.2 Å². The van der Waals surface area contributed by atoms with E-state index in [9.17, 15) is 9.59 Å². The number of piperidine rings is 1. The normalized spacial score (nSPS) is 18.9. The molecule has 1 saturated heterocycles. The van der Waals surface area contributed by atoms with Crippen LogP contribution in [0.2, 0.25) is 0 Å². The summed E-state index contributed by atoms with van der Waals surface area (Å²) in [6.45, 7) is 2.91. The maximum absolute atomic E-state index is 13.0. The van der Waals surface area contributed by atoms with E-state index in [1.807, 2.05) is 24.3 Å².